The Balaban J connectivity index is 1.92. The van der Waals surface area contributed by atoms with E-state index in [1.165, 1.54) is 5.56 Å². The van der Waals surface area contributed by atoms with E-state index < -0.39 is 0 Å². The van der Waals surface area contributed by atoms with Crippen molar-refractivity contribution in [3.8, 4) is 5.75 Å². The molecule has 0 radical (unpaired) electrons. The summed E-state index contributed by atoms with van der Waals surface area (Å²) in [5.74, 6) is 0.877. The third-order valence-electron chi connectivity index (χ3n) is 2.89. The normalized spacial score (nSPS) is 10.1. The number of rotatable bonds is 6. The molecule has 0 aliphatic rings. The lowest BCUT2D eigenvalue weighted by atomic mass is 10.1. The van der Waals surface area contributed by atoms with Crippen molar-refractivity contribution in [1.29, 1.82) is 0 Å². The van der Waals surface area contributed by atoms with Gasteiger partial charge in [-0.1, -0.05) is 24.4 Å². The maximum Gasteiger partial charge on any atom is 0.122 e. The SMILES string of the molecule is COc1cccc(CCNc2ccnc(C(N)=S)c2)c1. The van der Waals surface area contributed by atoms with Crippen LogP contribution in [0, 0.1) is 0 Å². The molecule has 0 saturated heterocycles. The average molecular weight is 287 g/mol. The van der Waals surface area contributed by atoms with Gasteiger partial charge in [0.25, 0.3) is 0 Å². The number of benzene rings is 1. The molecule has 0 spiro atoms. The third kappa shape index (κ3) is 3.93. The Kier molecular flexibility index (Phi) is 4.90. The van der Waals surface area contributed by atoms with Gasteiger partial charge in [0.1, 0.15) is 10.7 Å². The molecule has 4 nitrogen and oxygen atoms in total. The monoisotopic (exact) mass is 287 g/mol. The minimum absolute atomic E-state index is 0.307. The number of anilines is 1. The van der Waals surface area contributed by atoms with Crippen LogP contribution in [0.25, 0.3) is 0 Å². The quantitative estimate of drug-likeness (QED) is 0.799. The third-order valence-corrected chi connectivity index (χ3v) is 3.10. The molecule has 3 N–H and O–H groups in total. The highest BCUT2D eigenvalue weighted by Gasteiger charge is 2.00. The van der Waals surface area contributed by atoms with E-state index in [0.29, 0.717) is 10.7 Å². The second kappa shape index (κ2) is 6.86. The van der Waals surface area contributed by atoms with Crippen LogP contribution in [0.15, 0.2) is 42.6 Å². The van der Waals surface area contributed by atoms with Gasteiger partial charge in [-0.25, -0.2) is 0 Å². The van der Waals surface area contributed by atoms with Gasteiger partial charge in [-0.2, -0.15) is 0 Å². The van der Waals surface area contributed by atoms with Gasteiger partial charge in [0, 0.05) is 18.4 Å². The minimum Gasteiger partial charge on any atom is -0.497 e. The molecule has 5 heteroatoms. The summed E-state index contributed by atoms with van der Waals surface area (Å²) in [5.41, 5.74) is 8.38. The van der Waals surface area contributed by atoms with Crippen molar-refractivity contribution >= 4 is 22.9 Å². The average Bonchev–Trinajstić information content (AvgIpc) is 2.48. The Hall–Kier alpha value is -2.14. The zero-order chi connectivity index (χ0) is 14.4. The lowest BCUT2D eigenvalue weighted by Gasteiger charge is -2.08. The number of nitrogens with one attached hydrogen (secondary N) is 1. The highest BCUT2D eigenvalue weighted by molar-refractivity contribution is 7.80. The standard InChI is InChI=1S/C15H17N3OS/c1-19-13-4-2-3-11(9-13)5-7-17-12-6-8-18-14(10-12)15(16)20/h2-4,6,8-10H,5,7H2,1H3,(H2,16,20)(H,17,18). The Bertz CT molecular complexity index is 601. The minimum atomic E-state index is 0.307. The molecule has 0 amide bonds. The predicted octanol–water partition coefficient (Wildman–Crippen LogP) is 2.38. The molecule has 0 saturated carbocycles. The predicted molar refractivity (Wildman–Crippen MR) is 85.3 cm³/mol. The highest BCUT2D eigenvalue weighted by atomic mass is 32.1. The van der Waals surface area contributed by atoms with Crippen LogP contribution in [-0.4, -0.2) is 23.6 Å². The smallest absolute Gasteiger partial charge is 0.122 e. The van der Waals surface area contributed by atoms with Crippen LogP contribution < -0.4 is 15.8 Å². The van der Waals surface area contributed by atoms with Crippen molar-refractivity contribution in [2.24, 2.45) is 5.73 Å². The van der Waals surface area contributed by atoms with E-state index in [2.05, 4.69) is 16.4 Å². The number of thiocarbonyl (C=S) groups is 1. The van der Waals surface area contributed by atoms with Gasteiger partial charge in [-0.3, -0.25) is 4.98 Å². The first-order chi connectivity index (χ1) is 9.69. The molecule has 0 unspecified atom stereocenters. The van der Waals surface area contributed by atoms with Crippen molar-refractivity contribution in [2.75, 3.05) is 19.0 Å². The fourth-order valence-electron chi connectivity index (χ4n) is 1.85. The van der Waals surface area contributed by atoms with Crippen LogP contribution in [0.1, 0.15) is 11.3 Å². The van der Waals surface area contributed by atoms with Crippen molar-refractivity contribution in [3.05, 3.63) is 53.9 Å². The van der Waals surface area contributed by atoms with Gasteiger partial charge in [0.2, 0.25) is 0 Å². The van der Waals surface area contributed by atoms with Crippen LogP contribution in [-0.2, 0) is 6.42 Å². The Morgan fingerprint density at radius 1 is 1.35 bits per heavy atom. The van der Waals surface area contributed by atoms with Crippen molar-refractivity contribution in [3.63, 3.8) is 0 Å². The molecule has 0 atom stereocenters. The van der Waals surface area contributed by atoms with Gasteiger partial charge >= 0.3 is 0 Å². The lowest BCUT2D eigenvalue weighted by Crippen LogP contribution is -2.12. The fraction of sp³-hybridized carbons (Fsp3) is 0.200. The van der Waals surface area contributed by atoms with Crippen LogP contribution >= 0.6 is 12.2 Å². The first kappa shape index (κ1) is 14.3. The molecule has 0 aliphatic carbocycles. The summed E-state index contributed by atoms with van der Waals surface area (Å²) < 4.78 is 5.20. The second-order valence-corrected chi connectivity index (χ2v) is 4.76. The number of ether oxygens (including phenoxy) is 1. The molecule has 2 aromatic rings. The van der Waals surface area contributed by atoms with Gasteiger partial charge in [-0.05, 0) is 36.2 Å². The van der Waals surface area contributed by atoms with Gasteiger partial charge in [-0.15, -0.1) is 0 Å². The number of nitrogens with two attached hydrogens (primary N) is 1. The van der Waals surface area contributed by atoms with Crippen LogP contribution in [0.3, 0.4) is 0 Å². The Morgan fingerprint density at radius 2 is 2.20 bits per heavy atom. The summed E-state index contributed by atoms with van der Waals surface area (Å²) in [7, 11) is 1.67. The number of aromatic nitrogens is 1. The topological polar surface area (TPSA) is 60.2 Å². The van der Waals surface area contributed by atoms with Crippen LogP contribution in [0.2, 0.25) is 0 Å². The van der Waals surface area contributed by atoms with E-state index in [1.54, 1.807) is 13.3 Å². The molecule has 104 valence electrons. The summed E-state index contributed by atoms with van der Waals surface area (Å²) in [6.07, 6.45) is 2.60. The van der Waals surface area contributed by atoms with Gasteiger partial charge < -0.3 is 15.8 Å². The van der Waals surface area contributed by atoms with E-state index >= 15 is 0 Å². The zero-order valence-corrected chi connectivity index (χ0v) is 12.1. The maximum atomic E-state index is 5.56. The Morgan fingerprint density at radius 3 is 2.95 bits per heavy atom. The summed E-state index contributed by atoms with van der Waals surface area (Å²) >= 11 is 4.91. The maximum absolute atomic E-state index is 5.56. The van der Waals surface area contributed by atoms with Crippen molar-refractivity contribution in [2.45, 2.75) is 6.42 Å². The van der Waals surface area contributed by atoms with Gasteiger partial charge in [0.05, 0.1) is 12.8 Å². The Labute approximate surface area is 124 Å². The molecule has 0 fully saturated rings. The zero-order valence-electron chi connectivity index (χ0n) is 11.3. The number of hydrogen-bond acceptors (Lipinski definition) is 4. The molecule has 1 aromatic carbocycles. The highest BCUT2D eigenvalue weighted by Crippen LogP contribution is 2.13. The molecular formula is C15H17N3OS. The van der Waals surface area contributed by atoms with Crippen molar-refractivity contribution in [1.82, 2.24) is 4.98 Å². The van der Waals surface area contributed by atoms with E-state index in [9.17, 15) is 0 Å². The first-order valence-electron chi connectivity index (χ1n) is 6.31. The van der Waals surface area contributed by atoms with E-state index in [4.69, 9.17) is 22.7 Å². The molecule has 1 heterocycles. The van der Waals surface area contributed by atoms with Crippen molar-refractivity contribution < 1.29 is 4.74 Å². The van der Waals surface area contributed by atoms with Gasteiger partial charge in [0.15, 0.2) is 0 Å². The number of hydrogen-bond donors (Lipinski definition) is 2. The number of nitrogens with zero attached hydrogens (tertiary/aromatic N) is 1. The first-order valence-corrected chi connectivity index (χ1v) is 6.72. The summed E-state index contributed by atoms with van der Waals surface area (Å²) in [6.45, 7) is 0.813. The summed E-state index contributed by atoms with van der Waals surface area (Å²) in [5, 5.41) is 3.33. The second-order valence-electron chi connectivity index (χ2n) is 4.32. The van der Waals surface area contributed by atoms with E-state index in [0.717, 1.165) is 24.4 Å². The van der Waals surface area contributed by atoms with Crippen LogP contribution in [0.5, 0.6) is 5.75 Å². The fourth-order valence-corrected chi connectivity index (χ4v) is 1.97. The number of pyridine rings is 1. The molecule has 2 rings (SSSR count). The molecule has 0 bridgehead atoms. The van der Waals surface area contributed by atoms with E-state index in [1.807, 2.05) is 30.3 Å². The van der Waals surface area contributed by atoms with E-state index in [-0.39, 0.29) is 0 Å². The lowest BCUT2D eigenvalue weighted by molar-refractivity contribution is 0.414. The molecule has 1 aromatic heterocycles. The number of methoxy groups -OCH3 is 1. The summed E-state index contributed by atoms with van der Waals surface area (Å²) in [4.78, 5) is 4.41. The molecule has 20 heavy (non-hydrogen) atoms. The van der Waals surface area contributed by atoms with Crippen LogP contribution in [0.4, 0.5) is 5.69 Å². The molecular weight excluding hydrogens is 270 g/mol. The summed E-state index contributed by atoms with van der Waals surface area (Å²) in [6, 6.07) is 11.8. The largest absolute Gasteiger partial charge is 0.497 e. The molecule has 0 aliphatic heterocycles.